The number of nitrogens with two attached hydrogens (primary N) is 1. The zero-order valence-corrected chi connectivity index (χ0v) is 10.3. The molecule has 94 valence electrons. The van der Waals surface area contributed by atoms with E-state index in [-0.39, 0.29) is 17.8 Å². The van der Waals surface area contributed by atoms with Gasteiger partial charge >= 0.3 is 0 Å². The highest BCUT2D eigenvalue weighted by Gasteiger charge is 2.13. The molecule has 5 heteroatoms. The number of aromatic nitrogens is 2. The first-order valence-corrected chi connectivity index (χ1v) is 5.60. The molecular weight excluding hydrogens is 233 g/mol. The smallest absolute Gasteiger partial charge is 0.274 e. The van der Waals surface area contributed by atoms with E-state index in [2.05, 4.69) is 5.10 Å². The van der Waals surface area contributed by atoms with E-state index in [1.807, 2.05) is 0 Å². The second-order valence-electron chi connectivity index (χ2n) is 4.06. The molecule has 0 aliphatic rings. The summed E-state index contributed by atoms with van der Waals surface area (Å²) in [5.41, 5.74) is 7.25. The molecule has 2 aromatic rings. The molecule has 0 fully saturated rings. The van der Waals surface area contributed by atoms with Gasteiger partial charge in [-0.1, -0.05) is 12.1 Å². The second kappa shape index (κ2) is 4.70. The van der Waals surface area contributed by atoms with Crippen LogP contribution in [-0.2, 0) is 6.54 Å². The summed E-state index contributed by atoms with van der Waals surface area (Å²) in [5, 5.41) is 4.12. The molecule has 2 rings (SSSR count). The van der Waals surface area contributed by atoms with Gasteiger partial charge < -0.3 is 5.73 Å². The van der Waals surface area contributed by atoms with Crippen LogP contribution in [-0.4, -0.2) is 9.78 Å². The van der Waals surface area contributed by atoms with E-state index in [0.717, 1.165) is 4.68 Å². The van der Waals surface area contributed by atoms with E-state index >= 15 is 0 Å². The Kier molecular flexibility index (Phi) is 3.25. The molecule has 0 amide bonds. The van der Waals surface area contributed by atoms with Crippen LogP contribution in [0.1, 0.15) is 16.8 Å². The van der Waals surface area contributed by atoms with Gasteiger partial charge in [0.05, 0.1) is 5.69 Å². The minimum Gasteiger partial charge on any atom is -0.326 e. The molecule has 0 radical (unpaired) electrons. The second-order valence-corrected chi connectivity index (χ2v) is 4.06. The highest BCUT2D eigenvalue weighted by molar-refractivity contribution is 5.35. The molecule has 0 bridgehead atoms. The molecule has 0 saturated heterocycles. The molecule has 1 aromatic carbocycles. The van der Waals surface area contributed by atoms with Crippen molar-refractivity contribution in [3.05, 3.63) is 57.3 Å². The molecule has 1 aromatic heterocycles. The van der Waals surface area contributed by atoms with E-state index in [1.165, 1.54) is 12.1 Å². The van der Waals surface area contributed by atoms with E-state index in [4.69, 9.17) is 5.73 Å². The van der Waals surface area contributed by atoms with Crippen LogP contribution in [0.2, 0.25) is 0 Å². The molecule has 0 aliphatic carbocycles. The average Bonchev–Trinajstić information content (AvgIpc) is 2.35. The number of halogens is 1. The zero-order valence-electron chi connectivity index (χ0n) is 10.3. The Labute approximate surface area is 104 Å². The van der Waals surface area contributed by atoms with Crippen molar-refractivity contribution in [3.8, 4) is 5.69 Å². The van der Waals surface area contributed by atoms with Crippen molar-refractivity contribution < 1.29 is 4.39 Å². The third-order valence-corrected chi connectivity index (χ3v) is 2.94. The van der Waals surface area contributed by atoms with Crippen LogP contribution in [0.15, 0.2) is 29.1 Å². The summed E-state index contributed by atoms with van der Waals surface area (Å²) >= 11 is 0. The molecule has 0 unspecified atom stereocenters. The van der Waals surface area contributed by atoms with Gasteiger partial charge in [0.15, 0.2) is 0 Å². The van der Waals surface area contributed by atoms with Gasteiger partial charge in [0.2, 0.25) is 0 Å². The summed E-state index contributed by atoms with van der Waals surface area (Å²) in [6.07, 6.45) is 0. The van der Waals surface area contributed by atoms with Gasteiger partial charge in [0.1, 0.15) is 11.5 Å². The van der Waals surface area contributed by atoms with Crippen molar-refractivity contribution in [2.75, 3.05) is 0 Å². The van der Waals surface area contributed by atoms with E-state index < -0.39 is 5.82 Å². The van der Waals surface area contributed by atoms with Crippen LogP contribution >= 0.6 is 0 Å². The van der Waals surface area contributed by atoms with Gasteiger partial charge in [-0.3, -0.25) is 4.79 Å². The summed E-state index contributed by atoms with van der Waals surface area (Å²) in [6, 6.07) is 6.04. The lowest BCUT2D eigenvalue weighted by Gasteiger charge is -2.11. The van der Waals surface area contributed by atoms with E-state index in [1.54, 1.807) is 26.0 Å². The summed E-state index contributed by atoms with van der Waals surface area (Å²) in [5.74, 6) is -0.480. The fourth-order valence-electron chi connectivity index (χ4n) is 1.90. The zero-order chi connectivity index (χ0) is 13.3. The Hall–Kier alpha value is -2.01. The standard InChI is InChI=1S/C13H14FN3O/c1-8-10(7-15)9(2)16-17(13(8)18)12-6-4-3-5-11(12)14/h3-6H,7,15H2,1-2H3. The number of hydrogen-bond acceptors (Lipinski definition) is 3. The number of nitrogens with zero attached hydrogens (tertiary/aromatic N) is 2. The first-order valence-electron chi connectivity index (χ1n) is 5.60. The largest absolute Gasteiger partial charge is 0.326 e. The third-order valence-electron chi connectivity index (χ3n) is 2.94. The van der Waals surface area contributed by atoms with Crippen molar-refractivity contribution in [1.29, 1.82) is 0 Å². The summed E-state index contributed by atoms with van der Waals surface area (Å²) in [6.45, 7) is 3.68. The molecule has 0 aliphatic heterocycles. The number of hydrogen-bond donors (Lipinski definition) is 1. The lowest BCUT2D eigenvalue weighted by atomic mass is 10.1. The molecule has 0 saturated carbocycles. The van der Waals surface area contributed by atoms with Crippen molar-refractivity contribution in [1.82, 2.24) is 9.78 Å². The molecule has 4 nitrogen and oxygen atoms in total. The number of aryl methyl sites for hydroxylation is 1. The topological polar surface area (TPSA) is 60.9 Å². The first kappa shape index (κ1) is 12.4. The maximum absolute atomic E-state index is 13.7. The van der Waals surface area contributed by atoms with Crippen LogP contribution in [0.4, 0.5) is 4.39 Å². The van der Waals surface area contributed by atoms with Crippen LogP contribution in [0.5, 0.6) is 0 Å². The molecule has 0 spiro atoms. The van der Waals surface area contributed by atoms with Crippen molar-refractivity contribution in [2.45, 2.75) is 20.4 Å². The monoisotopic (exact) mass is 247 g/mol. The van der Waals surface area contributed by atoms with Gasteiger partial charge in [0, 0.05) is 12.1 Å². The Morgan fingerprint density at radius 3 is 2.61 bits per heavy atom. The molecular formula is C13H14FN3O. The van der Waals surface area contributed by atoms with Gasteiger partial charge in [0.25, 0.3) is 5.56 Å². The van der Waals surface area contributed by atoms with Crippen LogP contribution in [0.25, 0.3) is 5.69 Å². The maximum Gasteiger partial charge on any atom is 0.274 e. The Morgan fingerprint density at radius 2 is 2.00 bits per heavy atom. The Bertz CT molecular complexity index is 649. The Morgan fingerprint density at radius 1 is 1.33 bits per heavy atom. The van der Waals surface area contributed by atoms with Crippen molar-refractivity contribution in [3.63, 3.8) is 0 Å². The maximum atomic E-state index is 13.7. The van der Waals surface area contributed by atoms with Gasteiger partial charge in [-0.25, -0.2) is 4.39 Å². The van der Waals surface area contributed by atoms with Gasteiger partial charge in [-0.2, -0.15) is 9.78 Å². The lowest BCUT2D eigenvalue weighted by molar-refractivity contribution is 0.602. The molecule has 18 heavy (non-hydrogen) atoms. The normalized spacial score (nSPS) is 10.7. The quantitative estimate of drug-likeness (QED) is 0.873. The summed E-state index contributed by atoms with van der Waals surface area (Å²) < 4.78 is 14.8. The average molecular weight is 247 g/mol. The van der Waals surface area contributed by atoms with Crippen LogP contribution in [0.3, 0.4) is 0 Å². The predicted molar refractivity (Wildman–Crippen MR) is 67.2 cm³/mol. The fraction of sp³-hybridized carbons (Fsp3) is 0.231. The molecule has 0 atom stereocenters. The van der Waals surface area contributed by atoms with Crippen LogP contribution < -0.4 is 11.3 Å². The van der Waals surface area contributed by atoms with Gasteiger partial charge in [-0.15, -0.1) is 0 Å². The van der Waals surface area contributed by atoms with Crippen LogP contribution in [0, 0.1) is 19.7 Å². The highest BCUT2D eigenvalue weighted by atomic mass is 19.1. The molecule has 2 N–H and O–H groups in total. The van der Waals surface area contributed by atoms with E-state index in [0.29, 0.717) is 16.8 Å². The number of para-hydroxylation sites is 1. The highest BCUT2D eigenvalue weighted by Crippen LogP contribution is 2.12. The molecule has 1 heterocycles. The minimum atomic E-state index is -0.480. The predicted octanol–water partition coefficient (Wildman–Crippen LogP) is 1.45. The lowest BCUT2D eigenvalue weighted by Crippen LogP contribution is -2.27. The van der Waals surface area contributed by atoms with Gasteiger partial charge in [-0.05, 0) is 31.5 Å². The Balaban J connectivity index is 2.75. The summed E-state index contributed by atoms with van der Waals surface area (Å²) in [7, 11) is 0. The number of benzene rings is 1. The van der Waals surface area contributed by atoms with Crippen molar-refractivity contribution >= 4 is 0 Å². The SMILES string of the molecule is Cc1nn(-c2ccccc2F)c(=O)c(C)c1CN. The van der Waals surface area contributed by atoms with E-state index in [9.17, 15) is 9.18 Å². The van der Waals surface area contributed by atoms with Crippen molar-refractivity contribution in [2.24, 2.45) is 5.73 Å². The third kappa shape index (κ3) is 1.93. The fourth-order valence-corrected chi connectivity index (χ4v) is 1.90. The minimum absolute atomic E-state index is 0.150. The number of rotatable bonds is 2. The first-order chi connectivity index (χ1) is 8.56. The summed E-state index contributed by atoms with van der Waals surface area (Å²) in [4.78, 5) is 12.1.